The molecular weight excluding hydrogens is 227 g/mol. The molecule has 17 heavy (non-hydrogen) atoms. The number of hydrogen-bond acceptors (Lipinski definition) is 3. The molecule has 5 nitrogen and oxygen atoms in total. The highest BCUT2D eigenvalue weighted by Gasteiger charge is 2.12. The molecule has 0 aromatic heterocycles. The van der Waals surface area contributed by atoms with Crippen LogP contribution >= 0.6 is 0 Å². The predicted molar refractivity (Wildman–Crippen MR) is 60.2 cm³/mol. The maximum atomic E-state index is 12.8. The van der Waals surface area contributed by atoms with Gasteiger partial charge in [-0.3, -0.25) is 4.79 Å². The van der Waals surface area contributed by atoms with Crippen molar-refractivity contribution < 1.29 is 19.1 Å². The molecule has 90 valence electrons. The second kappa shape index (κ2) is 5.76. The van der Waals surface area contributed by atoms with Crippen LogP contribution < -0.4 is 11.1 Å². The van der Waals surface area contributed by atoms with E-state index in [0.29, 0.717) is 0 Å². The maximum Gasteiger partial charge on any atom is 0.337 e. The van der Waals surface area contributed by atoms with Crippen LogP contribution in [-0.2, 0) is 4.79 Å². The van der Waals surface area contributed by atoms with Gasteiger partial charge in [-0.1, -0.05) is 6.08 Å². The first kappa shape index (κ1) is 12.9. The van der Waals surface area contributed by atoms with Crippen molar-refractivity contribution in [2.24, 2.45) is 5.73 Å². The van der Waals surface area contributed by atoms with Crippen molar-refractivity contribution in [3.05, 3.63) is 41.7 Å². The zero-order chi connectivity index (χ0) is 12.8. The summed E-state index contributed by atoms with van der Waals surface area (Å²) in [5.74, 6) is -2.52. The fraction of sp³-hybridized carbons (Fsp3) is 0.0909. The van der Waals surface area contributed by atoms with Crippen LogP contribution in [0.4, 0.5) is 10.1 Å². The fourth-order valence-electron chi connectivity index (χ4n) is 1.15. The lowest BCUT2D eigenvalue weighted by Gasteiger charge is -2.06. The Kier molecular flexibility index (Phi) is 4.36. The zero-order valence-electron chi connectivity index (χ0n) is 8.81. The lowest BCUT2D eigenvalue weighted by Crippen LogP contribution is -2.12. The van der Waals surface area contributed by atoms with Crippen LogP contribution in [0.25, 0.3) is 0 Å². The molecule has 4 N–H and O–H groups in total. The van der Waals surface area contributed by atoms with Crippen LogP contribution in [0.2, 0.25) is 0 Å². The Morgan fingerprint density at radius 2 is 2.18 bits per heavy atom. The van der Waals surface area contributed by atoms with Crippen LogP contribution in [0.5, 0.6) is 0 Å². The van der Waals surface area contributed by atoms with Gasteiger partial charge in [-0.25, -0.2) is 9.18 Å². The molecule has 0 fully saturated rings. The Bertz CT molecular complexity index is 472. The summed E-state index contributed by atoms with van der Waals surface area (Å²) in [4.78, 5) is 22.1. The Hall–Kier alpha value is -2.21. The van der Waals surface area contributed by atoms with Gasteiger partial charge in [-0.15, -0.1) is 0 Å². The molecule has 0 spiro atoms. The van der Waals surface area contributed by atoms with E-state index in [0.717, 1.165) is 12.1 Å². The molecule has 1 amide bonds. The quantitative estimate of drug-likeness (QED) is 0.681. The first-order valence-corrected chi connectivity index (χ1v) is 4.75. The largest absolute Gasteiger partial charge is 0.478 e. The summed E-state index contributed by atoms with van der Waals surface area (Å²) in [6.45, 7) is 0.197. The van der Waals surface area contributed by atoms with Crippen molar-refractivity contribution in [2.45, 2.75) is 0 Å². The Labute approximate surface area is 96.7 Å². The number of anilines is 1. The smallest absolute Gasteiger partial charge is 0.337 e. The summed E-state index contributed by atoms with van der Waals surface area (Å²) in [5, 5.41) is 11.1. The average molecular weight is 238 g/mol. The van der Waals surface area contributed by atoms with E-state index in [4.69, 9.17) is 10.8 Å². The molecule has 0 atom stereocenters. The van der Waals surface area contributed by atoms with E-state index < -0.39 is 17.7 Å². The highest BCUT2D eigenvalue weighted by molar-refractivity contribution is 6.04. The molecule has 6 heteroatoms. The van der Waals surface area contributed by atoms with Gasteiger partial charge in [-0.2, -0.15) is 0 Å². The lowest BCUT2D eigenvalue weighted by atomic mass is 10.1. The van der Waals surface area contributed by atoms with Gasteiger partial charge in [0.1, 0.15) is 5.82 Å². The van der Waals surface area contributed by atoms with Crippen molar-refractivity contribution in [1.29, 1.82) is 0 Å². The number of carbonyl (C=O) groups is 2. The molecule has 0 saturated carbocycles. The van der Waals surface area contributed by atoms with Gasteiger partial charge in [0.05, 0.1) is 11.3 Å². The monoisotopic (exact) mass is 238 g/mol. The molecule has 1 aromatic rings. The number of rotatable bonds is 4. The lowest BCUT2D eigenvalue weighted by molar-refractivity contribution is -0.111. The normalized spacial score (nSPS) is 10.5. The number of amides is 1. The third-order valence-electron chi connectivity index (χ3n) is 1.88. The first-order chi connectivity index (χ1) is 8.04. The fourth-order valence-corrected chi connectivity index (χ4v) is 1.15. The SMILES string of the molecule is NC/C=C/C(=O)Nc1ccc(F)cc1C(=O)O. The number of hydrogen-bond donors (Lipinski definition) is 3. The number of nitrogens with two attached hydrogens (primary N) is 1. The third kappa shape index (κ3) is 3.69. The number of aromatic carboxylic acids is 1. The van der Waals surface area contributed by atoms with Crippen molar-refractivity contribution in [3.8, 4) is 0 Å². The highest BCUT2D eigenvalue weighted by Crippen LogP contribution is 2.17. The minimum atomic E-state index is -1.32. The summed E-state index contributed by atoms with van der Waals surface area (Å²) in [6, 6.07) is 3.09. The van der Waals surface area contributed by atoms with E-state index in [9.17, 15) is 14.0 Å². The minimum absolute atomic E-state index is 0.0329. The maximum absolute atomic E-state index is 12.8. The number of benzene rings is 1. The van der Waals surface area contributed by atoms with Gasteiger partial charge in [0.15, 0.2) is 0 Å². The van der Waals surface area contributed by atoms with Crippen LogP contribution in [-0.4, -0.2) is 23.5 Å². The number of halogens is 1. The molecular formula is C11H11FN2O3. The van der Waals surface area contributed by atoms with Gasteiger partial charge in [0.25, 0.3) is 0 Å². The van der Waals surface area contributed by atoms with E-state index in [1.54, 1.807) is 0 Å². The Morgan fingerprint density at radius 3 is 2.76 bits per heavy atom. The summed E-state index contributed by atoms with van der Waals surface area (Å²) < 4.78 is 12.8. The van der Waals surface area contributed by atoms with E-state index in [-0.39, 0.29) is 17.8 Å². The second-order valence-corrected chi connectivity index (χ2v) is 3.12. The van der Waals surface area contributed by atoms with Gasteiger partial charge < -0.3 is 16.2 Å². The summed E-state index contributed by atoms with van der Waals surface area (Å²) in [6.07, 6.45) is 2.59. The number of carboxylic acid groups (broad SMARTS) is 1. The molecule has 0 saturated heterocycles. The predicted octanol–water partition coefficient (Wildman–Crippen LogP) is 0.977. The Balaban J connectivity index is 2.94. The van der Waals surface area contributed by atoms with Crippen LogP contribution in [0.1, 0.15) is 10.4 Å². The highest BCUT2D eigenvalue weighted by atomic mass is 19.1. The van der Waals surface area contributed by atoms with E-state index in [1.165, 1.54) is 18.2 Å². The van der Waals surface area contributed by atoms with Gasteiger partial charge in [0.2, 0.25) is 5.91 Å². The van der Waals surface area contributed by atoms with Gasteiger partial charge in [0, 0.05) is 12.6 Å². The Morgan fingerprint density at radius 1 is 1.47 bits per heavy atom. The van der Waals surface area contributed by atoms with Crippen LogP contribution in [0.15, 0.2) is 30.4 Å². The number of nitrogens with one attached hydrogen (secondary N) is 1. The van der Waals surface area contributed by atoms with Crippen molar-refractivity contribution in [3.63, 3.8) is 0 Å². The summed E-state index contributed by atoms with van der Waals surface area (Å²) >= 11 is 0. The van der Waals surface area contributed by atoms with Crippen molar-refractivity contribution in [1.82, 2.24) is 0 Å². The molecule has 0 heterocycles. The van der Waals surface area contributed by atoms with Crippen molar-refractivity contribution >= 4 is 17.6 Å². The molecule has 1 aromatic carbocycles. The molecule has 0 bridgehead atoms. The molecule has 0 aliphatic carbocycles. The molecule has 1 rings (SSSR count). The number of carboxylic acids is 1. The number of carbonyl (C=O) groups excluding carboxylic acids is 1. The molecule has 0 radical (unpaired) electrons. The summed E-state index contributed by atoms with van der Waals surface area (Å²) in [5.41, 5.74) is 4.88. The standard InChI is InChI=1S/C11H11FN2O3/c12-7-3-4-9(8(6-7)11(16)17)14-10(15)2-1-5-13/h1-4,6H,5,13H2,(H,14,15)(H,16,17)/b2-1+. The zero-order valence-corrected chi connectivity index (χ0v) is 8.81. The van der Waals surface area contributed by atoms with Gasteiger partial charge >= 0.3 is 5.97 Å². The second-order valence-electron chi connectivity index (χ2n) is 3.12. The topological polar surface area (TPSA) is 92.4 Å². The minimum Gasteiger partial charge on any atom is -0.478 e. The third-order valence-corrected chi connectivity index (χ3v) is 1.88. The van der Waals surface area contributed by atoms with Crippen LogP contribution in [0.3, 0.4) is 0 Å². The van der Waals surface area contributed by atoms with Crippen molar-refractivity contribution in [2.75, 3.05) is 11.9 Å². The van der Waals surface area contributed by atoms with E-state index >= 15 is 0 Å². The van der Waals surface area contributed by atoms with Gasteiger partial charge in [-0.05, 0) is 18.2 Å². The van der Waals surface area contributed by atoms with E-state index in [2.05, 4.69) is 5.32 Å². The molecule has 0 aliphatic heterocycles. The summed E-state index contributed by atoms with van der Waals surface area (Å²) in [7, 11) is 0. The molecule has 0 aliphatic rings. The van der Waals surface area contributed by atoms with E-state index in [1.807, 2.05) is 0 Å². The van der Waals surface area contributed by atoms with Crippen LogP contribution in [0, 0.1) is 5.82 Å². The first-order valence-electron chi connectivity index (χ1n) is 4.75. The average Bonchev–Trinajstić information content (AvgIpc) is 2.28. The molecule has 0 unspecified atom stereocenters.